The Morgan fingerprint density at radius 2 is 1.22 bits per heavy atom. The Labute approximate surface area is 154 Å². The van der Waals surface area contributed by atoms with Crippen LogP contribution in [0.3, 0.4) is 0 Å². The molecular formula is C22H17F5. The summed E-state index contributed by atoms with van der Waals surface area (Å²) in [7, 11) is 0. The smallest absolute Gasteiger partial charge is 0.206 e. The van der Waals surface area contributed by atoms with Crippen molar-refractivity contribution in [3.05, 3.63) is 83.4 Å². The Hall–Kier alpha value is -2.69. The average molecular weight is 376 g/mol. The minimum atomic E-state index is -5.09. The van der Waals surface area contributed by atoms with Crippen LogP contribution in [0.5, 0.6) is 0 Å². The van der Waals surface area contributed by atoms with E-state index in [1.54, 1.807) is 12.1 Å². The molecule has 0 N–H and O–H groups in total. The predicted octanol–water partition coefficient (Wildman–Crippen LogP) is 7.27. The second kappa shape index (κ2) is 7.51. The van der Waals surface area contributed by atoms with E-state index in [0.717, 1.165) is 30.0 Å². The SMILES string of the molecule is CCCc1ccc(-c2ccc(-c3ccc(F)c(C(F)(F)F)c3F)cc2)cc1. The molecule has 0 saturated heterocycles. The van der Waals surface area contributed by atoms with Crippen molar-refractivity contribution < 1.29 is 22.0 Å². The molecule has 0 amide bonds. The highest BCUT2D eigenvalue weighted by Gasteiger charge is 2.38. The van der Waals surface area contributed by atoms with Crippen molar-refractivity contribution in [3.8, 4) is 22.3 Å². The molecule has 0 aliphatic carbocycles. The zero-order valence-electron chi connectivity index (χ0n) is 14.6. The fourth-order valence-corrected chi connectivity index (χ4v) is 3.03. The Kier molecular flexibility index (Phi) is 5.31. The zero-order chi connectivity index (χ0) is 19.6. The van der Waals surface area contributed by atoms with Crippen LogP contribution in [0.25, 0.3) is 22.3 Å². The molecule has 0 aliphatic rings. The molecule has 3 rings (SSSR count). The molecule has 0 heterocycles. The van der Waals surface area contributed by atoms with Gasteiger partial charge in [0, 0.05) is 5.56 Å². The Morgan fingerprint density at radius 1 is 0.704 bits per heavy atom. The first-order valence-electron chi connectivity index (χ1n) is 8.56. The third kappa shape index (κ3) is 4.02. The maximum absolute atomic E-state index is 14.3. The van der Waals surface area contributed by atoms with E-state index >= 15 is 0 Å². The van der Waals surface area contributed by atoms with Crippen LogP contribution < -0.4 is 0 Å². The number of hydrogen-bond acceptors (Lipinski definition) is 0. The summed E-state index contributed by atoms with van der Waals surface area (Å²) in [5.74, 6) is -3.22. The minimum absolute atomic E-state index is 0.254. The van der Waals surface area contributed by atoms with E-state index in [0.29, 0.717) is 6.07 Å². The van der Waals surface area contributed by atoms with Gasteiger partial charge in [-0.1, -0.05) is 61.9 Å². The van der Waals surface area contributed by atoms with Gasteiger partial charge < -0.3 is 0 Å². The lowest BCUT2D eigenvalue weighted by Gasteiger charge is -2.13. The van der Waals surface area contributed by atoms with E-state index in [-0.39, 0.29) is 11.1 Å². The Morgan fingerprint density at radius 3 is 1.74 bits per heavy atom. The van der Waals surface area contributed by atoms with E-state index in [2.05, 4.69) is 6.92 Å². The molecule has 0 saturated carbocycles. The summed E-state index contributed by atoms with van der Waals surface area (Å²) < 4.78 is 66.4. The van der Waals surface area contributed by atoms with Gasteiger partial charge in [0.05, 0.1) is 0 Å². The van der Waals surface area contributed by atoms with Crippen molar-refractivity contribution in [1.82, 2.24) is 0 Å². The number of aryl methyl sites for hydroxylation is 1. The molecule has 0 fully saturated rings. The van der Waals surface area contributed by atoms with Crippen LogP contribution in [0.4, 0.5) is 22.0 Å². The number of halogens is 5. The topological polar surface area (TPSA) is 0 Å². The number of alkyl halides is 3. The fourth-order valence-electron chi connectivity index (χ4n) is 3.03. The molecule has 0 atom stereocenters. The van der Waals surface area contributed by atoms with E-state index in [1.165, 1.54) is 17.7 Å². The molecule has 140 valence electrons. The van der Waals surface area contributed by atoms with Gasteiger partial charge in [0.2, 0.25) is 0 Å². The minimum Gasteiger partial charge on any atom is -0.206 e. The average Bonchev–Trinajstić information content (AvgIpc) is 2.62. The van der Waals surface area contributed by atoms with Gasteiger partial charge in [0.25, 0.3) is 0 Å². The standard InChI is InChI=1S/C22H17F5/c1-2-3-14-4-6-15(7-5-14)16-8-10-17(11-9-16)18-12-13-19(23)20(21(18)24)22(25,26)27/h4-13H,2-3H2,1H3. The molecule has 0 unspecified atom stereocenters. The predicted molar refractivity (Wildman–Crippen MR) is 96.2 cm³/mol. The second-order valence-electron chi connectivity index (χ2n) is 6.31. The van der Waals surface area contributed by atoms with Crippen LogP contribution in [0.2, 0.25) is 0 Å². The van der Waals surface area contributed by atoms with Gasteiger partial charge in [0.1, 0.15) is 17.2 Å². The second-order valence-corrected chi connectivity index (χ2v) is 6.31. The largest absolute Gasteiger partial charge is 0.422 e. The molecule has 0 aromatic heterocycles. The molecule has 0 nitrogen and oxygen atoms in total. The van der Waals surface area contributed by atoms with Crippen LogP contribution in [0.1, 0.15) is 24.5 Å². The van der Waals surface area contributed by atoms with E-state index in [4.69, 9.17) is 0 Å². The normalized spacial score (nSPS) is 11.6. The van der Waals surface area contributed by atoms with Crippen molar-refractivity contribution >= 4 is 0 Å². The molecule has 0 aliphatic heterocycles. The summed E-state index contributed by atoms with van der Waals surface area (Å²) in [6, 6.07) is 16.2. The molecule has 5 heteroatoms. The first kappa shape index (κ1) is 19.1. The monoisotopic (exact) mass is 376 g/mol. The van der Waals surface area contributed by atoms with E-state index in [9.17, 15) is 22.0 Å². The maximum Gasteiger partial charge on any atom is 0.422 e. The van der Waals surface area contributed by atoms with E-state index < -0.39 is 23.4 Å². The molecule has 0 spiro atoms. The van der Waals surface area contributed by atoms with Crippen LogP contribution in [-0.4, -0.2) is 0 Å². The Balaban J connectivity index is 1.94. The molecule has 3 aromatic rings. The highest BCUT2D eigenvalue weighted by atomic mass is 19.4. The van der Waals surface area contributed by atoms with Crippen LogP contribution in [0, 0.1) is 11.6 Å². The number of rotatable bonds is 4. The summed E-state index contributed by atoms with van der Waals surface area (Å²) in [5.41, 5.74) is 1.15. The molecular weight excluding hydrogens is 359 g/mol. The van der Waals surface area contributed by atoms with Crippen molar-refractivity contribution in [2.75, 3.05) is 0 Å². The maximum atomic E-state index is 14.3. The first-order chi connectivity index (χ1) is 12.8. The van der Waals surface area contributed by atoms with Crippen LogP contribution in [-0.2, 0) is 12.6 Å². The van der Waals surface area contributed by atoms with Gasteiger partial charge in [-0.15, -0.1) is 0 Å². The summed E-state index contributed by atoms with van der Waals surface area (Å²) in [6.07, 6.45) is -3.05. The quantitative estimate of drug-likeness (QED) is 0.420. The third-order valence-corrected chi connectivity index (χ3v) is 4.40. The summed E-state index contributed by atoms with van der Waals surface area (Å²) in [5, 5.41) is 0. The molecule has 0 bridgehead atoms. The molecule has 27 heavy (non-hydrogen) atoms. The van der Waals surface area contributed by atoms with Gasteiger partial charge in [-0.3, -0.25) is 0 Å². The lowest BCUT2D eigenvalue weighted by molar-refractivity contribution is -0.142. The van der Waals surface area contributed by atoms with Gasteiger partial charge >= 0.3 is 6.18 Å². The van der Waals surface area contributed by atoms with Gasteiger partial charge in [-0.2, -0.15) is 13.2 Å². The fraction of sp³-hybridized carbons (Fsp3) is 0.182. The lowest BCUT2D eigenvalue weighted by Crippen LogP contribution is -2.12. The Bertz CT molecular complexity index is 923. The lowest BCUT2D eigenvalue weighted by atomic mass is 9.97. The summed E-state index contributed by atoms with van der Waals surface area (Å²) in [6.45, 7) is 2.10. The number of benzene rings is 3. The van der Waals surface area contributed by atoms with Crippen molar-refractivity contribution in [1.29, 1.82) is 0 Å². The van der Waals surface area contributed by atoms with Gasteiger partial charge in [-0.25, -0.2) is 8.78 Å². The van der Waals surface area contributed by atoms with E-state index in [1.807, 2.05) is 24.3 Å². The molecule has 3 aromatic carbocycles. The highest BCUT2D eigenvalue weighted by molar-refractivity contribution is 5.71. The molecule has 0 radical (unpaired) electrons. The summed E-state index contributed by atoms with van der Waals surface area (Å²) in [4.78, 5) is 0. The van der Waals surface area contributed by atoms with Crippen molar-refractivity contribution in [2.45, 2.75) is 25.9 Å². The van der Waals surface area contributed by atoms with Crippen LogP contribution in [0.15, 0.2) is 60.7 Å². The first-order valence-corrected chi connectivity index (χ1v) is 8.56. The number of hydrogen-bond donors (Lipinski definition) is 0. The highest BCUT2D eigenvalue weighted by Crippen LogP contribution is 2.37. The third-order valence-electron chi connectivity index (χ3n) is 4.40. The van der Waals surface area contributed by atoms with Crippen molar-refractivity contribution in [3.63, 3.8) is 0 Å². The van der Waals surface area contributed by atoms with Crippen molar-refractivity contribution in [2.24, 2.45) is 0 Å². The van der Waals surface area contributed by atoms with Gasteiger partial charge in [0.15, 0.2) is 0 Å². The van der Waals surface area contributed by atoms with Gasteiger partial charge in [-0.05, 0) is 40.8 Å². The summed E-state index contributed by atoms with van der Waals surface area (Å²) >= 11 is 0. The zero-order valence-corrected chi connectivity index (χ0v) is 14.6. The van der Waals surface area contributed by atoms with Crippen LogP contribution >= 0.6 is 0 Å².